The molecule has 7 nitrogen and oxygen atoms in total. The van der Waals surface area contributed by atoms with Gasteiger partial charge in [0.05, 0.1) is 5.92 Å². The third-order valence-corrected chi connectivity index (χ3v) is 6.28. The average molecular weight is 454 g/mol. The lowest BCUT2D eigenvalue weighted by atomic mass is 9.83. The van der Waals surface area contributed by atoms with E-state index in [1.54, 1.807) is 0 Å². The van der Waals surface area contributed by atoms with Crippen molar-refractivity contribution < 1.29 is 9.90 Å². The van der Waals surface area contributed by atoms with E-state index >= 15 is 0 Å². The SMILES string of the molecule is C=C/C=C(/CN1CCCCC1)C(=C)/C(C)=C/C=C(C)CC(c1nn[nH]n1)C(CCC)C(=O)O. The van der Waals surface area contributed by atoms with Crippen molar-refractivity contribution in [1.29, 1.82) is 0 Å². The monoisotopic (exact) mass is 453 g/mol. The molecule has 0 radical (unpaired) electrons. The summed E-state index contributed by atoms with van der Waals surface area (Å²) in [7, 11) is 0. The summed E-state index contributed by atoms with van der Waals surface area (Å²) in [5.41, 5.74) is 4.34. The minimum atomic E-state index is -0.823. The molecule has 2 unspecified atom stereocenters. The first-order chi connectivity index (χ1) is 15.9. The highest BCUT2D eigenvalue weighted by molar-refractivity contribution is 5.71. The third kappa shape index (κ3) is 8.24. The molecule has 0 saturated carbocycles. The van der Waals surface area contributed by atoms with Crippen LogP contribution in [0.5, 0.6) is 0 Å². The van der Waals surface area contributed by atoms with Gasteiger partial charge in [0, 0.05) is 12.5 Å². The molecule has 2 atom stereocenters. The molecule has 2 rings (SSSR count). The molecule has 1 aromatic rings. The number of hydrogen-bond acceptors (Lipinski definition) is 5. The zero-order valence-electron chi connectivity index (χ0n) is 20.4. The summed E-state index contributed by atoms with van der Waals surface area (Å²) in [5.74, 6) is -1.25. The van der Waals surface area contributed by atoms with Gasteiger partial charge < -0.3 is 5.11 Å². The second-order valence-corrected chi connectivity index (χ2v) is 8.92. The summed E-state index contributed by atoms with van der Waals surface area (Å²) in [6, 6.07) is 0. The molecule has 0 amide bonds. The van der Waals surface area contributed by atoms with E-state index in [0.29, 0.717) is 18.7 Å². The number of carboxylic acids is 1. The number of piperidine rings is 1. The van der Waals surface area contributed by atoms with E-state index in [1.807, 2.05) is 26.0 Å². The molecule has 2 heterocycles. The number of likely N-dealkylation sites (tertiary alicyclic amines) is 1. The fourth-order valence-corrected chi connectivity index (χ4v) is 4.33. The molecule has 1 saturated heterocycles. The maximum absolute atomic E-state index is 11.9. The zero-order chi connectivity index (χ0) is 24.2. The normalized spacial score (nSPS) is 18.1. The number of hydrogen-bond donors (Lipinski definition) is 2. The van der Waals surface area contributed by atoms with Crippen LogP contribution in [0.1, 0.15) is 71.0 Å². The number of tetrazole rings is 1. The van der Waals surface area contributed by atoms with Crippen molar-refractivity contribution in [3.05, 3.63) is 65.6 Å². The van der Waals surface area contributed by atoms with Crippen LogP contribution in [0.25, 0.3) is 0 Å². The number of rotatable bonds is 13. The standard InChI is InChI=1S/C26H39N5O2/c1-6-11-22(18-31-15-9-8-10-16-31)21(5)20(4)14-13-19(3)17-24(25-27-29-30-28-25)23(12-7-2)26(32)33/h6,11,13-14,23-24H,1,5,7-10,12,15-18H2,2-4H3,(H,32,33)(H,27,28,29,30)/b19-13?,20-14+,22-11-. The quantitative estimate of drug-likeness (QED) is 0.398. The van der Waals surface area contributed by atoms with Crippen LogP contribution in [0.3, 0.4) is 0 Å². The first kappa shape index (κ1) is 26.5. The number of carboxylic acid groups (broad SMARTS) is 1. The van der Waals surface area contributed by atoms with E-state index in [0.717, 1.165) is 42.8 Å². The highest BCUT2D eigenvalue weighted by atomic mass is 16.4. The van der Waals surface area contributed by atoms with E-state index in [1.165, 1.54) is 24.8 Å². The predicted octanol–water partition coefficient (Wildman–Crippen LogP) is 5.22. The van der Waals surface area contributed by atoms with Crippen LogP contribution in [-0.4, -0.2) is 56.2 Å². The van der Waals surface area contributed by atoms with Crippen molar-refractivity contribution in [2.45, 2.75) is 65.2 Å². The van der Waals surface area contributed by atoms with Gasteiger partial charge in [-0.3, -0.25) is 9.69 Å². The summed E-state index contributed by atoms with van der Waals surface area (Å²) in [6.45, 7) is 17.4. The smallest absolute Gasteiger partial charge is 0.307 e. The van der Waals surface area contributed by atoms with Crippen LogP contribution in [0.15, 0.2) is 59.8 Å². The Morgan fingerprint density at radius 1 is 1.21 bits per heavy atom. The Balaban J connectivity index is 2.15. The summed E-state index contributed by atoms with van der Waals surface area (Å²) in [5, 5.41) is 24.1. The molecule has 0 spiro atoms. The Morgan fingerprint density at radius 3 is 2.52 bits per heavy atom. The van der Waals surface area contributed by atoms with Crippen LogP contribution in [0.4, 0.5) is 0 Å². The molecule has 33 heavy (non-hydrogen) atoms. The van der Waals surface area contributed by atoms with Crippen molar-refractivity contribution >= 4 is 5.97 Å². The van der Waals surface area contributed by atoms with Crippen molar-refractivity contribution in [2.24, 2.45) is 5.92 Å². The molecule has 0 bridgehead atoms. The molecule has 0 aliphatic carbocycles. The summed E-state index contributed by atoms with van der Waals surface area (Å²) >= 11 is 0. The van der Waals surface area contributed by atoms with Gasteiger partial charge in [0.15, 0.2) is 5.82 Å². The van der Waals surface area contributed by atoms with Gasteiger partial charge in [0.25, 0.3) is 0 Å². The van der Waals surface area contributed by atoms with Crippen LogP contribution in [-0.2, 0) is 4.79 Å². The number of carbonyl (C=O) groups is 1. The Morgan fingerprint density at radius 2 is 1.94 bits per heavy atom. The lowest BCUT2D eigenvalue weighted by Crippen LogP contribution is -2.31. The van der Waals surface area contributed by atoms with Crippen LogP contribution in [0.2, 0.25) is 0 Å². The summed E-state index contributed by atoms with van der Waals surface area (Å²) < 4.78 is 0. The van der Waals surface area contributed by atoms with Crippen LogP contribution in [0, 0.1) is 5.92 Å². The largest absolute Gasteiger partial charge is 0.481 e. The highest BCUT2D eigenvalue weighted by Gasteiger charge is 2.31. The van der Waals surface area contributed by atoms with Crippen molar-refractivity contribution in [3.63, 3.8) is 0 Å². The molecular weight excluding hydrogens is 414 g/mol. The van der Waals surface area contributed by atoms with Gasteiger partial charge in [0.1, 0.15) is 0 Å². The topological polar surface area (TPSA) is 95.0 Å². The summed E-state index contributed by atoms with van der Waals surface area (Å²) in [6.07, 6.45) is 13.7. The molecule has 2 N–H and O–H groups in total. The maximum atomic E-state index is 11.9. The number of nitrogens with zero attached hydrogens (tertiary/aromatic N) is 4. The van der Waals surface area contributed by atoms with Gasteiger partial charge in [-0.25, -0.2) is 0 Å². The first-order valence-corrected chi connectivity index (χ1v) is 11.9. The van der Waals surface area contributed by atoms with Gasteiger partial charge in [-0.1, -0.05) is 68.0 Å². The van der Waals surface area contributed by atoms with E-state index in [2.05, 4.69) is 57.8 Å². The molecule has 7 heteroatoms. The first-order valence-electron chi connectivity index (χ1n) is 11.9. The van der Waals surface area contributed by atoms with Crippen molar-refractivity contribution in [3.8, 4) is 0 Å². The van der Waals surface area contributed by atoms with Crippen LogP contribution < -0.4 is 0 Å². The van der Waals surface area contributed by atoms with Gasteiger partial charge in [0.2, 0.25) is 0 Å². The molecule has 0 aromatic carbocycles. The fourth-order valence-electron chi connectivity index (χ4n) is 4.33. The predicted molar refractivity (Wildman–Crippen MR) is 133 cm³/mol. The van der Waals surface area contributed by atoms with Gasteiger partial charge in [-0.05, 0) is 69.3 Å². The van der Waals surface area contributed by atoms with Gasteiger partial charge >= 0.3 is 5.97 Å². The highest BCUT2D eigenvalue weighted by Crippen LogP contribution is 2.32. The molecule has 1 fully saturated rings. The van der Waals surface area contributed by atoms with E-state index in [9.17, 15) is 9.90 Å². The van der Waals surface area contributed by atoms with E-state index < -0.39 is 11.9 Å². The van der Waals surface area contributed by atoms with E-state index in [-0.39, 0.29) is 5.92 Å². The molecule has 1 aliphatic rings. The Bertz CT molecular complexity index is 877. The molecular formula is C26H39N5O2. The number of H-pyrrole nitrogens is 1. The van der Waals surface area contributed by atoms with Crippen molar-refractivity contribution in [2.75, 3.05) is 19.6 Å². The minimum Gasteiger partial charge on any atom is -0.481 e. The van der Waals surface area contributed by atoms with Crippen LogP contribution >= 0.6 is 0 Å². The maximum Gasteiger partial charge on any atom is 0.307 e. The number of aromatic nitrogens is 4. The fraction of sp³-hybridized carbons (Fsp3) is 0.538. The Kier molecular flexibility index (Phi) is 11.0. The number of aromatic amines is 1. The second kappa shape index (κ2) is 13.7. The zero-order valence-corrected chi connectivity index (χ0v) is 20.4. The molecule has 1 aliphatic heterocycles. The lowest BCUT2D eigenvalue weighted by molar-refractivity contribution is -0.142. The number of nitrogens with one attached hydrogen (secondary N) is 1. The Labute approximate surface area is 198 Å². The van der Waals surface area contributed by atoms with E-state index in [4.69, 9.17) is 0 Å². The Hall–Kier alpha value is -2.80. The molecule has 180 valence electrons. The average Bonchev–Trinajstić information content (AvgIpc) is 3.34. The second-order valence-electron chi connectivity index (χ2n) is 8.92. The van der Waals surface area contributed by atoms with Crippen molar-refractivity contribution in [1.82, 2.24) is 25.5 Å². The van der Waals surface area contributed by atoms with Gasteiger partial charge in [-0.15, -0.1) is 10.2 Å². The number of aliphatic carboxylic acids is 1. The van der Waals surface area contributed by atoms with Gasteiger partial charge in [-0.2, -0.15) is 5.21 Å². The third-order valence-electron chi connectivity index (χ3n) is 6.28. The molecule has 1 aromatic heterocycles. The number of allylic oxidation sites excluding steroid dienone is 6. The lowest BCUT2D eigenvalue weighted by Gasteiger charge is -2.28. The minimum absolute atomic E-state index is 0.329. The summed E-state index contributed by atoms with van der Waals surface area (Å²) in [4.78, 5) is 14.4.